The van der Waals surface area contributed by atoms with Crippen LogP contribution in [0.4, 0.5) is 0 Å². The molecule has 3 rings (SSSR count). The Morgan fingerprint density at radius 3 is 3.06 bits per heavy atom. The standard InChI is InChI=1S/C14H19N3/c1-3-14-16-12-8-10(11-6-7-15-9-11)4-5-13(12)17(14)2/h4-5,8,11,15H,3,6-7,9H2,1-2H3. The molecular formula is C14H19N3. The van der Waals surface area contributed by atoms with Crippen LogP contribution in [0.5, 0.6) is 0 Å². The van der Waals surface area contributed by atoms with Crippen molar-refractivity contribution in [2.75, 3.05) is 13.1 Å². The molecule has 2 aromatic rings. The summed E-state index contributed by atoms with van der Waals surface area (Å²) in [7, 11) is 2.10. The summed E-state index contributed by atoms with van der Waals surface area (Å²) in [6.07, 6.45) is 2.24. The van der Waals surface area contributed by atoms with Gasteiger partial charge >= 0.3 is 0 Å². The Bertz CT molecular complexity index is 536. The smallest absolute Gasteiger partial charge is 0.109 e. The zero-order valence-electron chi connectivity index (χ0n) is 10.5. The molecule has 0 aliphatic carbocycles. The number of imidazole rings is 1. The summed E-state index contributed by atoms with van der Waals surface area (Å²) >= 11 is 0. The third-order valence-corrected chi connectivity index (χ3v) is 3.85. The van der Waals surface area contributed by atoms with Gasteiger partial charge in [0.2, 0.25) is 0 Å². The lowest BCUT2D eigenvalue weighted by Gasteiger charge is -2.08. The van der Waals surface area contributed by atoms with Crippen LogP contribution in [0.3, 0.4) is 0 Å². The Morgan fingerprint density at radius 2 is 2.35 bits per heavy atom. The second kappa shape index (κ2) is 4.15. The highest BCUT2D eigenvalue weighted by Crippen LogP contribution is 2.26. The van der Waals surface area contributed by atoms with Crippen LogP contribution in [0.15, 0.2) is 18.2 Å². The first-order chi connectivity index (χ1) is 8.29. The van der Waals surface area contributed by atoms with E-state index < -0.39 is 0 Å². The molecule has 1 N–H and O–H groups in total. The number of aromatic nitrogens is 2. The summed E-state index contributed by atoms with van der Waals surface area (Å²) in [6, 6.07) is 6.75. The van der Waals surface area contributed by atoms with Crippen molar-refractivity contribution in [1.82, 2.24) is 14.9 Å². The molecule has 1 unspecified atom stereocenters. The molecule has 90 valence electrons. The summed E-state index contributed by atoms with van der Waals surface area (Å²) < 4.78 is 2.20. The fraction of sp³-hybridized carbons (Fsp3) is 0.500. The number of aryl methyl sites for hydroxylation is 2. The van der Waals surface area contributed by atoms with E-state index in [0.717, 1.165) is 25.0 Å². The van der Waals surface area contributed by atoms with E-state index in [2.05, 4.69) is 42.1 Å². The second-order valence-corrected chi connectivity index (χ2v) is 4.88. The van der Waals surface area contributed by atoms with Crippen LogP contribution in [0.1, 0.15) is 30.7 Å². The molecule has 1 saturated heterocycles. The number of fused-ring (bicyclic) bond motifs is 1. The fourth-order valence-corrected chi connectivity index (χ4v) is 2.78. The van der Waals surface area contributed by atoms with Crippen LogP contribution in [-0.2, 0) is 13.5 Å². The minimum absolute atomic E-state index is 0.673. The number of hydrogen-bond donors (Lipinski definition) is 1. The molecule has 1 aliphatic heterocycles. The number of benzene rings is 1. The summed E-state index contributed by atoms with van der Waals surface area (Å²) in [5, 5.41) is 3.42. The summed E-state index contributed by atoms with van der Waals surface area (Å²) in [4.78, 5) is 4.71. The molecule has 1 aliphatic rings. The Hall–Kier alpha value is -1.35. The molecule has 1 aromatic carbocycles. The molecule has 1 atom stereocenters. The average molecular weight is 229 g/mol. The van der Waals surface area contributed by atoms with Crippen LogP contribution in [0, 0.1) is 0 Å². The zero-order chi connectivity index (χ0) is 11.8. The third-order valence-electron chi connectivity index (χ3n) is 3.85. The molecule has 0 amide bonds. The van der Waals surface area contributed by atoms with Crippen LogP contribution >= 0.6 is 0 Å². The first kappa shape index (κ1) is 10.8. The van der Waals surface area contributed by atoms with Crippen molar-refractivity contribution < 1.29 is 0 Å². The topological polar surface area (TPSA) is 29.9 Å². The predicted molar refractivity (Wildman–Crippen MR) is 70.3 cm³/mol. The minimum atomic E-state index is 0.673. The molecule has 3 nitrogen and oxygen atoms in total. The van der Waals surface area contributed by atoms with Gasteiger partial charge in [0.15, 0.2) is 0 Å². The summed E-state index contributed by atoms with van der Waals surface area (Å²) in [5.41, 5.74) is 3.83. The van der Waals surface area contributed by atoms with E-state index in [0.29, 0.717) is 5.92 Å². The van der Waals surface area contributed by atoms with Gasteiger partial charge in [-0.05, 0) is 36.6 Å². The van der Waals surface area contributed by atoms with E-state index >= 15 is 0 Å². The Morgan fingerprint density at radius 1 is 1.47 bits per heavy atom. The highest BCUT2D eigenvalue weighted by atomic mass is 15.1. The van der Waals surface area contributed by atoms with Gasteiger partial charge in [-0.3, -0.25) is 0 Å². The fourth-order valence-electron chi connectivity index (χ4n) is 2.78. The molecule has 3 heteroatoms. The maximum absolute atomic E-state index is 4.71. The SMILES string of the molecule is CCc1nc2cc(C3CCNC3)ccc2n1C. The van der Waals surface area contributed by atoms with Gasteiger partial charge in [-0.2, -0.15) is 0 Å². The van der Waals surface area contributed by atoms with E-state index in [1.165, 1.54) is 23.3 Å². The van der Waals surface area contributed by atoms with E-state index in [1.807, 2.05) is 0 Å². The predicted octanol–water partition coefficient (Wildman–Crippen LogP) is 2.21. The maximum Gasteiger partial charge on any atom is 0.109 e. The minimum Gasteiger partial charge on any atom is -0.331 e. The first-order valence-electron chi connectivity index (χ1n) is 6.45. The van der Waals surface area contributed by atoms with Crippen molar-refractivity contribution in [2.24, 2.45) is 7.05 Å². The van der Waals surface area contributed by atoms with Gasteiger partial charge in [-0.1, -0.05) is 13.0 Å². The lowest BCUT2D eigenvalue weighted by molar-refractivity contribution is 0.764. The molecule has 0 saturated carbocycles. The van der Waals surface area contributed by atoms with Crippen molar-refractivity contribution in [2.45, 2.75) is 25.7 Å². The van der Waals surface area contributed by atoms with E-state index in [1.54, 1.807) is 0 Å². The van der Waals surface area contributed by atoms with Gasteiger partial charge in [0.05, 0.1) is 11.0 Å². The molecule has 2 heterocycles. The third kappa shape index (κ3) is 1.75. The molecule has 17 heavy (non-hydrogen) atoms. The maximum atomic E-state index is 4.71. The Labute approximate surface area is 102 Å². The number of nitrogens with one attached hydrogen (secondary N) is 1. The highest BCUT2D eigenvalue weighted by Gasteiger charge is 2.17. The van der Waals surface area contributed by atoms with Gasteiger partial charge in [0.1, 0.15) is 5.82 Å². The Balaban J connectivity index is 2.06. The van der Waals surface area contributed by atoms with Crippen LogP contribution in [0.2, 0.25) is 0 Å². The van der Waals surface area contributed by atoms with Crippen LogP contribution in [-0.4, -0.2) is 22.6 Å². The molecule has 0 radical (unpaired) electrons. The molecule has 0 spiro atoms. The second-order valence-electron chi connectivity index (χ2n) is 4.88. The van der Waals surface area contributed by atoms with Gasteiger partial charge in [-0.15, -0.1) is 0 Å². The largest absolute Gasteiger partial charge is 0.331 e. The van der Waals surface area contributed by atoms with Gasteiger partial charge in [0, 0.05) is 20.0 Å². The normalized spacial score (nSPS) is 20.2. The molecule has 0 bridgehead atoms. The van der Waals surface area contributed by atoms with Crippen LogP contribution in [0.25, 0.3) is 11.0 Å². The monoisotopic (exact) mass is 229 g/mol. The average Bonchev–Trinajstić information content (AvgIpc) is 2.97. The van der Waals surface area contributed by atoms with Crippen molar-refractivity contribution in [3.63, 3.8) is 0 Å². The summed E-state index contributed by atoms with van der Waals surface area (Å²) in [5.74, 6) is 1.84. The zero-order valence-corrected chi connectivity index (χ0v) is 10.5. The van der Waals surface area contributed by atoms with Gasteiger partial charge < -0.3 is 9.88 Å². The molecule has 1 aromatic heterocycles. The Kier molecular flexibility index (Phi) is 2.63. The van der Waals surface area contributed by atoms with E-state index in [-0.39, 0.29) is 0 Å². The van der Waals surface area contributed by atoms with Crippen LogP contribution < -0.4 is 5.32 Å². The quantitative estimate of drug-likeness (QED) is 0.855. The lowest BCUT2D eigenvalue weighted by Crippen LogP contribution is -2.07. The molecule has 1 fully saturated rings. The summed E-state index contributed by atoms with van der Waals surface area (Å²) in [6.45, 7) is 4.41. The highest BCUT2D eigenvalue weighted by molar-refractivity contribution is 5.77. The van der Waals surface area contributed by atoms with Crippen molar-refractivity contribution in [3.05, 3.63) is 29.6 Å². The number of nitrogens with zero attached hydrogens (tertiary/aromatic N) is 2. The van der Waals surface area contributed by atoms with Crippen molar-refractivity contribution >= 4 is 11.0 Å². The number of hydrogen-bond acceptors (Lipinski definition) is 2. The van der Waals surface area contributed by atoms with Gasteiger partial charge in [-0.25, -0.2) is 4.98 Å². The number of rotatable bonds is 2. The van der Waals surface area contributed by atoms with E-state index in [9.17, 15) is 0 Å². The lowest BCUT2D eigenvalue weighted by atomic mass is 9.98. The first-order valence-corrected chi connectivity index (χ1v) is 6.45. The van der Waals surface area contributed by atoms with Crippen molar-refractivity contribution in [1.29, 1.82) is 0 Å². The van der Waals surface area contributed by atoms with Gasteiger partial charge in [0.25, 0.3) is 0 Å². The van der Waals surface area contributed by atoms with Crippen molar-refractivity contribution in [3.8, 4) is 0 Å². The molecular weight excluding hydrogens is 210 g/mol. The van der Waals surface area contributed by atoms with E-state index in [4.69, 9.17) is 4.98 Å².